The highest BCUT2D eigenvalue weighted by molar-refractivity contribution is 5.03. The van der Waals surface area contributed by atoms with Crippen LogP contribution in [-0.4, -0.2) is 9.13 Å². The topological polar surface area (TPSA) is 9.86 Å². The summed E-state index contributed by atoms with van der Waals surface area (Å²) in [6, 6.07) is 0.944. The van der Waals surface area contributed by atoms with Crippen molar-refractivity contribution in [2.24, 2.45) is 0 Å². The van der Waals surface area contributed by atoms with Crippen LogP contribution < -0.4 is 11.0 Å². The Morgan fingerprint density at radius 2 is 1.08 bits per heavy atom. The van der Waals surface area contributed by atoms with E-state index in [9.17, 15) is 0 Å². The molecular weight excluding hydrogens is 148 g/mol. The summed E-state index contributed by atoms with van der Waals surface area (Å²) >= 11 is 0. The minimum atomic E-state index is 0.472. The normalized spacial score (nSPS) is 11.8. The molecule has 0 N–H and O–H groups in total. The van der Waals surface area contributed by atoms with Crippen molar-refractivity contribution in [2.45, 2.75) is 39.8 Å². The average molecular weight is 166 g/mol. The van der Waals surface area contributed by atoms with Gasteiger partial charge < -0.3 is 9.13 Å². The van der Waals surface area contributed by atoms with Crippen LogP contribution in [0.1, 0.15) is 39.8 Å². The predicted molar refractivity (Wildman–Crippen MR) is 53.5 cm³/mol. The molecule has 2 heteroatoms. The van der Waals surface area contributed by atoms with E-state index in [0.717, 1.165) is 11.0 Å². The Morgan fingerprint density at radius 1 is 0.833 bits per heavy atom. The molecule has 0 aliphatic rings. The first kappa shape index (κ1) is 9.17. The fourth-order valence-electron chi connectivity index (χ4n) is 1.68. The second kappa shape index (κ2) is 2.85. The molecule has 12 heavy (non-hydrogen) atoms. The lowest BCUT2D eigenvalue weighted by molar-refractivity contribution is 0.387. The van der Waals surface area contributed by atoms with Gasteiger partial charge in [0.1, 0.15) is 11.0 Å². The molecule has 1 heterocycles. The monoisotopic (exact) mass is 166 g/mol. The van der Waals surface area contributed by atoms with Crippen molar-refractivity contribution in [1.29, 1.82) is 0 Å². The van der Waals surface area contributed by atoms with Crippen LogP contribution in [0.5, 0.6) is 0 Å². The van der Waals surface area contributed by atoms with Gasteiger partial charge in [-0.3, -0.25) is 0 Å². The fourth-order valence-corrected chi connectivity index (χ4v) is 1.68. The molecule has 2 nitrogen and oxygen atoms in total. The quantitative estimate of drug-likeness (QED) is 0.626. The Bertz CT molecular complexity index is 296. The Labute approximate surface area is 73.8 Å². The Hall–Kier alpha value is -0.920. The van der Waals surface area contributed by atoms with Crippen LogP contribution in [-0.2, 0) is 0 Å². The van der Waals surface area contributed by atoms with Crippen molar-refractivity contribution in [3.63, 3.8) is 0 Å². The van der Waals surface area contributed by atoms with Gasteiger partial charge in [0.15, 0.2) is 0 Å². The van der Waals surface area contributed by atoms with Crippen molar-refractivity contribution in [3.8, 4) is 0 Å². The second-order valence-electron chi connectivity index (χ2n) is 3.76. The maximum Gasteiger partial charge on any atom is 0.108 e. The molecule has 0 amide bonds. The standard InChI is InChI=1S/C10H18N2/c1-7(2)11-9(5)12(8(3)4)10(11)6/h7-8H,5-6H2,1-4H3. The van der Waals surface area contributed by atoms with E-state index in [2.05, 4.69) is 50.0 Å². The summed E-state index contributed by atoms with van der Waals surface area (Å²) in [4.78, 5) is 0. The van der Waals surface area contributed by atoms with Crippen LogP contribution in [0.15, 0.2) is 0 Å². The van der Waals surface area contributed by atoms with E-state index in [1.54, 1.807) is 0 Å². The van der Waals surface area contributed by atoms with E-state index in [1.165, 1.54) is 0 Å². The molecule has 0 saturated heterocycles. The lowest BCUT2D eigenvalue weighted by atomic mass is 10.3. The van der Waals surface area contributed by atoms with Crippen LogP contribution in [0, 0.1) is 0 Å². The summed E-state index contributed by atoms with van der Waals surface area (Å²) in [5.41, 5.74) is 2.15. The highest BCUT2D eigenvalue weighted by atomic mass is 15.3. The number of hydrogen-bond acceptors (Lipinski definition) is 0. The summed E-state index contributed by atoms with van der Waals surface area (Å²) in [5.74, 6) is 0. The first-order valence-electron chi connectivity index (χ1n) is 4.43. The van der Waals surface area contributed by atoms with E-state index in [0.29, 0.717) is 12.1 Å². The van der Waals surface area contributed by atoms with Crippen LogP contribution in [0.4, 0.5) is 0 Å². The van der Waals surface area contributed by atoms with Gasteiger partial charge in [-0.1, -0.05) is 13.2 Å². The maximum atomic E-state index is 4.01. The van der Waals surface area contributed by atoms with E-state index < -0.39 is 0 Å². The van der Waals surface area contributed by atoms with E-state index >= 15 is 0 Å². The highest BCUT2D eigenvalue weighted by Crippen LogP contribution is 2.00. The molecular formula is C10H18N2. The molecule has 0 spiro atoms. The fraction of sp³-hybridized carbons (Fsp3) is 0.600. The Morgan fingerprint density at radius 3 is 1.25 bits per heavy atom. The van der Waals surface area contributed by atoms with Crippen LogP contribution in [0.2, 0.25) is 0 Å². The van der Waals surface area contributed by atoms with Gasteiger partial charge in [-0.25, -0.2) is 0 Å². The zero-order valence-corrected chi connectivity index (χ0v) is 8.46. The van der Waals surface area contributed by atoms with E-state index in [-0.39, 0.29) is 0 Å². The van der Waals surface area contributed by atoms with Gasteiger partial charge in [0, 0.05) is 12.1 Å². The summed E-state index contributed by atoms with van der Waals surface area (Å²) in [7, 11) is 0. The SMILES string of the molecule is C=c1n(C(C)C)c(=C)n1C(C)C. The number of nitrogens with zero attached hydrogens (tertiary/aromatic N) is 2. The smallest absolute Gasteiger partial charge is 0.108 e. The zero-order valence-electron chi connectivity index (χ0n) is 8.46. The molecule has 0 aliphatic heterocycles. The van der Waals surface area contributed by atoms with Crippen molar-refractivity contribution in [2.75, 3.05) is 0 Å². The Kier molecular flexibility index (Phi) is 2.18. The molecule has 0 aromatic carbocycles. The van der Waals surface area contributed by atoms with Crippen LogP contribution in [0.3, 0.4) is 0 Å². The van der Waals surface area contributed by atoms with Gasteiger partial charge in [-0.15, -0.1) is 0 Å². The van der Waals surface area contributed by atoms with Crippen LogP contribution in [0.25, 0.3) is 13.2 Å². The predicted octanol–water partition coefficient (Wildman–Crippen LogP) is 1.27. The maximum absolute atomic E-state index is 4.01. The lowest BCUT2D eigenvalue weighted by Crippen LogP contribution is -2.55. The van der Waals surface area contributed by atoms with Gasteiger partial charge in [0.05, 0.1) is 0 Å². The summed E-state index contributed by atoms with van der Waals surface area (Å²) in [6.45, 7) is 16.6. The third-order valence-corrected chi connectivity index (χ3v) is 2.15. The largest absolute Gasteiger partial charge is 0.312 e. The summed E-state index contributed by atoms with van der Waals surface area (Å²) in [6.07, 6.45) is 0. The zero-order chi connectivity index (χ0) is 9.46. The molecule has 0 radical (unpaired) electrons. The molecule has 0 unspecified atom stereocenters. The number of aromatic nitrogens is 2. The van der Waals surface area contributed by atoms with Crippen LogP contribution >= 0.6 is 0 Å². The van der Waals surface area contributed by atoms with E-state index in [1.807, 2.05) is 0 Å². The molecule has 1 aromatic heterocycles. The molecule has 1 rings (SSSR count). The molecule has 1 aromatic rings. The molecule has 0 atom stereocenters. The van der Waals surface area contributed by atoms with Crippen molar-refractivity contribution in [3.05, 3.63) is 11.0 Å². The van der Waals surface area contributed by atoms with Crippen molar-refractivity contribution >= 4 is 13.2 Å². The molecule has 0 fully saturated rings. The third-order valence-electron chi connectivity index (χ3n) is 2.15. The van der Waals surface area contributed by atoms with Gasteiger partial charge in [-0.05, 0) is 27.7 Å². The first-order valence-corrected chi connectivity index (χ1v) is 4.43. The summed E-state index contributed by atoms with van der Waals surface area (Å²) in [5, 5.41) is 0. The molecule has 0 saturated carbocycles. The van der Waals surface area contributed by atoms with Crippen molar-refractivity contribution < 1.29 is 0 Å². The van der Waals surface area contributed by atoms with E-state index in [4.69, 9.17) is 0 Å². The third kappa shape index (κ3) is 1.11. The lowest BCUT2D eigenvalue weighted by Gasteiger charge is -2.27. The average Bonchev–Trinajstić information content (AvgIpc) is 1.84. The van der Waals surface area contributed by atoms with Crippen molar-refractivity contribution in [1.82, 2.24) is 9.13 Å². The molecule has 0 aliphatic carbocycles. The first-order chi connectivity index (χ1) is 5.46. The second-order valence-corrected chi connectivity index (χ2v) is 3.76. The molecule has 0 bridgehead atoms. The minimum absolute atomic E-state index is 0.472. The number of rotatable bonds is 2. The van der Waals surface area contributed by atoms with Gasteiger partial charge in [-0.2, -0.15) is 0 Å². The number of hydrogen-bond donors (Lipinski definition) is 0. The van der Waals surface area contributed by atoms with Gasteiger partial charge in [0.25, 0.3) is 0 Å². The van der Waals surface area contributed by atoms with Gasteiger partial charge >= 0.3 is 0 Å². The molecule has 68 valence electrons. The Balaban J connectivity index is 3.19. The minimum Gasteiger partial charge on any atom is -0.312 e. The van der Waals surface area contributed by atoms with Gasteiger partial charge in [0.2, 0.25) is 0 Å². The highest BCUT2D eigenvalue weighted by Gasteiger charge is 2.10. The summed E-state index contributed by atoms with van der Waals surface area (Å²) < 4.78 is 4.31.